The Hall–Kier alpha value is -1.20. The van der Waals surface area contributed by atoms with E-state index in [1.165, 1.54) is 6.20 Å². The van der Waals surface area contributed by atoms with Crippen LogP contribution in [0.5, 0.6) is 0 Å². The van der Waals surface area contributed by atoms with Crippen molar-refractivity contribution in [2.75, 3.05) is 13.1 Å². The van der Waals surface area contributed by atoms with Crippen LogP contribution < -0.4 is 5.73 Å². The van der Waals surface area contributed by atoms with E-state index in [1.54, 1.807) is 4.90 Å². The summed E-state index contributed by atoms with van der Waals surface area (Å²) in [6.07, 6.45) is 3.43. The van der Waals surface area contributed by atoms with Gasteiger partial charge in [0.25, 0.3) is 5.91 Å². The SMILES string of the molecule is CC(C)c1ncc(Cl)c(C(=O)N2CCCC2CN)n1. The maximum Gasteiger partial charge on any atom is 0.274 e. The number of hydrogen-bond acceptors (Lipinski definition) is 4. The van der Waals surface area contributed by atoms with Crippen molar-refractivity contribution in [3.05, 3.63) is 22.7 Å². The molecule has 0 radical (unpaired) electrons. The van der Waals surface area contributed by atoms with Gasteiger partial charge in [0, 0.05) is 25.0 Å². The van der Waals surface area contributed by atoms with Gasteiger partial charge in [0.15, 0.2) is 5.69 Å². The van der Waals surface area contributed by atoms with Crippen molar-refractivity contribution in [2.24, 2.45) is 5.73 Å². The van der Waals surface area contributed by atoms with E-state index in [9.17, 15) is 4.79 Å². The van der Waals surface area contributed by atoms with E-state index < -0.39 is 0 Å². The molecule has 0 bridgehead atoms. The minimum atomic E-state index is -0.137. The van der Waals surface area contributed by atoms with Crippen molar-refractivity contribution in [1.29, 1.82) is 0 Å². The number of nitrogens with two attached hydrogens (primary N) is 1. The third-order valence-electron chi connectivity index (χ3n) is 3.39. The lowest BCUT2D eigenvalue weighted by atomic mass is 10.2. The zero-order valence-electron chi connectivity index (χ0n) is 11.3. The van der Waals surface area contributed by atoms with Crippen LogP contribution in [0.15, 0.2) is 6.20 Å². The van der Waals surface area contributed by atoms with Gasteiger partial charge in [-0.25, -0.2) is 9.97 Å². The number of halogens is 1. The highest BCUT2D eigenvalue weighted by atomic mass is 35.5. The van der Waals surface area contributed by atoms with Crippen LogP contribution >= 0.6 is 11.6 Å². The van der Waals surface area contributed by atoms with Crippen molar-refractivity contribution in [1.82, 2.24) is 14.9 Å². The molecule has 1 aromatic rings. The number of rotatable bonds is 3. The smallest absolute Gasteiger partial charge is 0.274 e. The van der Waals surface area contributed by atoms with Crippen molar-refractivity contribution < 1.29 is 4.79 Å². The van der Waals surface area contributed by atoms with Crippen molar-refractivity contribution >= 4 is 17.5 Å². The fourth-order valence-electron chi connectivity index (χ4n) is 2.29. The molecule has 2 rings (SSSR count). The Morgan fingerprint density at radius 2 is 2.37 bits per heavy atom. The van der Waals surface area contributed by atoms with E-state index in [0.717, 1.165) is 19.4 Å². The zero-order valence-corrected chi connectivity index (χ0v) is 12.0. The second kappa shape index (κ2) is 5.84. The first kappa shape index (κ1) is 14.2. The standard InChI is InChI=1S/C13H19ClN4O/c1-8(2)12-16-7-10(14)11(17-12)13(19)18-5-3-4-9(18)6-15/h7-9H,3-6,15H2,1-2H3. The maximum absolute atomic E-state index is 12.5. The summed E-state index contributed by atoms with van der Waals surface area (Å²) in [6.45, 7) is 5.16. The molecular weight excluding hydrogens is 264 g/mol. The number of likely N-dealkylation sites (tertiary alicyclic amines) is 1. The molecule has 5 nitrogen and oxygen atoms in total. The molecule has 104 valence electrons. The summed E-state index contributed by atoms with van der Waals surface area (Å²) in [4.78, 5) is 22.7. The van der Waals surface area contributed by atoms with Gasteiger partial charge in [-0.1, -0.05) is 25.4 Å². The van der Waals surface area contributed by atoms with Gasteiger partial charge in [0.1, 0.15) is 5.82 Å². The molecule has 1 aromatic heterocycles. The molecule has 1 amide bonds. The second-order valence-corrected chi connectivity index (χ2v) is 5.52. The lowest BCUT2D eigenvalue weighted by Gasteiger charge is -2.23. The van der Waals surface area contributed by atoms with E-state index in [-0.39, 0.29) is 17.9 Å². The first-order valence-corrected chi connectivity index (χ1v) is 6.95. The molecule has 6 heteroatoms. The van der Waals surface area contributed by atoms with E-state index in [4.69, 9.17) is 17.3 Å². The minimum absolute atomic E-state index is 0.0982. The average Bonchev–Trinajstić information content (AvgIpc) is 2.86. The van der Waals surface area contributed by atoms with Crippen molar-refractivity contribution in [3.8, 4) is 0 Å². The first-order chi connectivity index (χ1) is 9.04. The van der Waals surface area contributed by atoms with Crippen molar-refractivity contribution in [3.63, 3.8) is 0 Å². The molecule has 0 aromatic carbocycles. The third-order valence-corrected chi connectivity index (χ3v) is 3.67. The molecule has 1 atom stereocenters. The summed E-state index contributed by atoms with van der Waals surface area (Å²) >= 11 is 6.06. The van der Waals surface area contributed by atoms with Crippen LogP contribution in [0.3, 0.4) is 0 Å². The number of aromatic nitrogens is 2. The van der Waals surface area contributed by atoms with E-state index >= 15 is 0 Å². The molecule has 1 aliphatic rings. The zero-order chi connectivity index (χ0) is 14.0. The Kier molecular flexibility index (Phi) is 4.37. The van der Waals surface area contributed by atoms with Gasteiger partial charge in [-0.3, -0.25) is 4.79 Å². The Labute approximate surface area is 118 Å². The Morgan fingerprint density at radius 1 is 1.63 bits per heavy atom. The van der Waals surface area contributed by atoms with Gasteiger partial charge in [0.2, 0.25) is 0 Å². The molecule has 1 aliphatic heterocycles. The number of carbonyl (C=O) groups excluding carboxylic acids is 1. The summed E-state index contributed by atoms with van der Waals surface area (Å²) in [5.74, 6) is 0.659. The largest absolute Gasteiger partial charge is 0.333 e. The number of nitrogens with zero attached hydrogens (tertiary/aromatic N) is 3. The van der Waals surface area contributed by atoms with Crippen molar-refractivity contribution in [2.45, 2.75) is 38.6 Å². The van der Waals surface area contributed by atoms with Gasteiger partial charge in [0.05, 0.1) is 11.2 Å². The van der Waals surface area contributed by atoms with Crippen LogP contribution in [-0.4, -0.2) is 39.9 Å². The van der Waals surface area contributed by atoms with Crippen LogP contribution in [0.25, 0.3) is 0 Å². The Morgan fingerprint density at radius 3 is 3.00 bits per heavy atom. The summed E-state index contributed by atoms with van der Waals surface area (Å²) in [6, 6.07) is 0.0982. The first-order valence-electron chi connectivity index (χ1n) is 6.58. The van der Waals surface area contributed by atoms with Gasteiger partial charge in [-0.15, -0.1) is 0 Å². The highest BCUT2D eigenvalue weighted by Crippen LogP contribution is 2.23. The quantitative estimate of drug-likeness (QED) is 0.918. The van der Waals surface area contributed by atoms with Crippen LogP contribution in [0, 0.1) is 0 Å². The predicted octanol–water partition coefficient (Wildman–Crippen LogP) is 1.82. The molecule has 1 fully saturated rings. The number of amides is 1. The third kappa shape index (κ3) is 2.87. The fourth-order valence-corrected chi connectivity index (χ4v) is 2.46. The predicted molar refractivity (Wildman–Crippen MR) is 74.2 cm³/mol. The highest BCUT2D eigenvalue weighted by molar-refractivity contribution is 6.33. The van der Waals surface area contributed by atoms with Crippen LogP contribution in [0.1, 0.15) is 48.9 Å². The summed E-state index contributed by atoms with van der Waals surface area (Å²) in [5.41, 5.74) is 5.99. The topological polar surface area (TPSA) is 72.1 Å². The molecule has 2 heterocycles. The van der Waals surface area contributed by atoms with Gasteiger partial charge in [-0.2, -0.15) is 0 Å². The van der Waals surface area contributed by atoms with E-state index in [1.807, 2.05) is 13.8 Å². The van der Waals surface area contributed by atoms with E-state index in [0.29, 0.717) is 23.1 Å². The lowest BCUT2D eigenvalue weighted by molar-refractivity contribution is 0.0735. The van der Waals surface area contributed by atoms with E-state index in [2.05, 4.69) is 9.97 Å². The van der Waals surface area contributed by atoms with Crippen LogP contribution in [0.4, 0.5) is 0 Å². The second-order valence-electron chi connectivity index (χ2n) is 5.11. The molecule has 0 spiro atoms. The molecule has 0 aliphatic carbocycles. The summed E-state index contributed by atoms with van der Waals surface area (Å²) in [7, 11) is 0. The van der Waals surface area contributed by atoms with Gasteiger partial charge in [-0.05, 0) is 12.8 Å². The molecule has 2 N–H and O–H groups in total. The number of hydrogen-bond donors (Lipinski definition) is 1. The maximum atomic E-state index is 12.5. The molecule has 19 heavy (non-hydrogen) atoms. The normalized spacial score (nSPS) is 19.2. The lowest BCUT2D eigenvalue weighted by Crippen LogP contribution is -2.40. The van der Waals surface area contributed by atoms with Crippen LogP contribution in [-0.2, 0) is 0 Å². The summed E-state index contributed by atoms with van der Waals surface area (Å²) < 4.78 is 0. The van der Waals surface area contributed by atoms with Gasteiger partial charge >= 0.3 is 0 Å². The molecule has 1 saturated heterocycles. The molecule has 0 saturated carbocycles. The Bertz CT molecular complexity index is 478. The minimum Gasteiger partial charge on any atom is -0.333 e. The van der Waals surface area contributed by atoms with Gasteiger partial charge < -0.3 is 10.6 Å². The molecule has 1 unspecified atom stereocenters. The Balaban J connectivity index is 2.30. The average molecular weight is 283 g/mol. The monoisotopic (exact) mass is 282 g/mol. The summed E-state index contributed by atoms with van der Waals surface area (Å²) in [5, 5.41) is 0.303. The fraction of sp³-hybridized carbons (Fsp3) is 0.615. The highest BCUT2D eigenvalue weighted by Gasteiger charge is 2.30. The number of carbonyl (C=O) groups is 1. The van der Waals surface area contributed by atoms with Crippen LogP contribution in [0.2, 0.25) is 5.02 Å². The molecular formula is C13H19ClN4O.